The smallest absolute Gasteiger partial charge is 0.471 e. The Kier molecular flexibility index (Phi) is 3.12. The number of amides is 1. The Morgan fingerprint density at radius 3 is 2.55 bits per heavy atom. The number of benzene rings is 1. The molecule has 9 heteroatoms. The number of rotatable bonds is 2. The molecule has 20 heavy (non-hydrogen) atoms. The van der Waals surface area contributed by atoms with Gasteiger partial charge in [0.2, 0.25) is 5.95 Å². The molecular formula is C11H8F3N3O3. The highest BCUT2D eigenvalue weighted by Gasteiger charge is 2.39. The van der Waals surface area contributed by atoms with E-state index in [0.29, 0.717) is 0 Å². The van der Waals surface area contributed by atoms with E-state index in [4.69, 9.17) is 5.11 Å². The molecule has 2 rings (SSSR count). The fraction of sp³-hybridized carbons (Fsp3) is 0.182. The number of aryl methyl sites for hydroxylation is 1. The lowest BCUT2D eigenvalue weighted by atomic mass is 10.2. The van der Waals surface area contributed by atoms with Gasteiger partial charge in [0, 0.05) is 7.05 Å². The average molecular weight is 287 g/mol. The van der Waals surface area contributed by atoms with Gasteiger partial charge in [-0.1, -0.05) is 6.07 Å². The summed E-state index contributed by atoms with van der Waals surface area (Å²) < 4.78 is 37.6. The number of fused-ring (bicyclic) bond motifs is 1. The van der Waals surface area contributed by atoms with Gasteiger partial charge in [-0.15, -0.1) is 0 Å². The third-order valence-electron chi connectivity index (χ3n) is 2.61. The molecule has 2 aromatic rings. The number of para-hydroxylation sites is 1. The number of carboxylic acids is 1. The van der Waals surface area contributed by atoms with E-state index in [1.165, 1.54) is 25.2 Å². The number of alkyl halides is 3. The summed E-state index contributed by atoms with van der Waals surface area (Å²) in [4.78, 5) is 25.7. The number of imidazole rings is 1. The summed E-state index contributed by atoms with van der Waals surface area (Å²) in [6.45, 7) is 0. The highest BCUT2D eigenvalue weighted by molar-refractivity contribution is 6.03. The van der Waals surface area contributed by atoms with Crippen molar-refractivity contribution in [2.75, 3.05) is 5.32 Å². The van der Waals surface area contributed by atoms with Gasteiger partial charge in [-0.3, -0.25) is 10.1 Å². The number of nitrogens with zero attached hydrogens (tertiary/aromatic N) is 2. The average Bonchev–Trinajstić information content (AvgIpc) is 2.65. The molecule has 0 spiro atoms. The molecular weight excluding hydrogens is 279 g/mol. The first-order chi connectivity index (χ1) is 9.21. The van der Waals surface area contributed by atoms with Crippen molar-refractivity contribution in [1.82, 2.24) is 9.55 Å². The van der Waals surface area contributed by atoms with Gasteiger partial charge < -0.3 is 9.67 Å². The highest BCUT2D eigenvalue weighted by atomic mass is 19.4. The van der Waals surface area contributed by atoms with Crippen molar-refractivity contribution in [2.24, 2.45) is 7.05 Å². The van der Waals surface area contributed by atoms with Gasteiger partial charge >= 0.3 is 18.1 Å². The first kappa shape index (κ1) is 13.8. The predicted molar refractivity (Wildman–Crippen MR) is 62.4 cm³/mol. The van der Waals surface area contributed by atoms with E-state index in [9.17, 15) is 22.8 Å². The summed E-state index contributed by atoms with van der Waals surface area (Å²) in [5.41, 5.74) is 0.173. The van der Waals surface area contributed by atoms with Crippen molar-refractivity contribution in [3.8, 4) is 0 Å². The van der Waals surface area contributed by atoms with Gasteiger partial charge in [-0.2, -0.15) is 13.2 Å². The molecule has 0 atom stereocenters. The number of halogens is 3. The van der Waals surface area contributed by atoms with Crippen molar-refractivity contribution >= 4 is 28.9 Å². The fourth-order valence-corrected chi connectivity index (χ4v) is 1.73. The van der Waals surface area contributed by atoms with Crippen molar-refractivity contribution in [3.63, 3.8) is 0 Å². The Morgan fingerprint density at radius 2 is 2.00 bits per heavy atom. The molecule has 1 aromatic heterocycles. The molecule has 0 saturated heterocycles. The number of hydrogen-bond donors (Lipinski definition) is 2. The van der Waals surface area contributed by atoms with Crippen molar-refractivity contribution in [3.05, 3.63) is 23.8 Å². The first-order valence-corrected chi connectivity index (χ1v) is 5.28. The number of carboxylic acid groups (broad SMARTS) is 1. The van der Waals surface area contributed by atoms with E-state index < -0.39 is 18.1 Å². The van der Waals surface area contributed by atoms with Gasteiger partial charge in [-0.25, -0.2) is 9.78 Å². The molecule has 1 amide bonds. The van der Waals surface area contributed by atoms with Crippen LogP contribution in [0.5, 0.6) is 0 Å². The van der Waals surface area contributed by atoms with Crippen LogP contribution in [-0.2, 0) is 11.8 Å². The third kappa shape index (κ3) is 2.29. The number of carbonyl (C=O) groups excluding carboxylic acids is 1. The van der Waals surface area contributed by atoms with Crippen LogP contribution >= 0.6 is 0 Å². The van der Waals surface area contributed by atoms with E-state index in [1.807, 2.05) is 0 Å². The van der Waals surface area contributed by atoms with Crippen LogP contribution in [0.1, 0.15) is 10.4 Å². The third-order valence-corrected chi connectivity index (χ3v) is 2.61. The molecule has 106 valence electrons. The molecule has 0 aliphatic heterocycles. The Labute approximate surface area is 109 Å². The monoisotopic (exact) mass is 287 g/mol. The number of nitrogens with one attached hydrogen (secondary N) is 1. The minimum atomic E-state index is -5.05. The van der Waals surface area contributed by atoms with Crippen LogP contribution in [0, 0.1) is 0 Å². The van der Waals surface area contributed by atoms with E-state index in [0.717, 1.165) is 4.57 Å². The number of aromatic carboxylic acids is 1. The van der Waals surface area contributed by atoms with Crippen molar-refractivity contribution < 1.29 is 27.9 Å². The highest BCUT2D eigenvalue weighted by Crippen LogP contribution is 2.24. The van der Waals surface area contributed by atoms with E-state index >= 15 is 0 Å². The minimum Gasteiger partial charge on any atom is -0.478 e. The second kappa shape index (κ2) is 4.51. The van der Waals surface area contributed by atoms with Crippen LogP contribution in [-0.4, -0.2) is 32.7 Å². The Bertz CT molecular complexity index is 706. The van der Waals surface area contributed by atoms with Crippen LogP contribution in [0.4, 0.5) is 19.1 Å². The lowest BCUT2D eigenvalue weighted by Gasteiger charge is -2.07. The van der Waals surface area contributed by atoms with Crippen LogP contribution in [0.15, 0.2) is 18.2 Å². The zero-order valence-corrected chi connectivity index (χ0v) is 10.0. The summed E-state index contributed by atoms with van der Waals surface area (Å²) in [7, 11) is 1.31. The van der Waals surface area contributed by atoms with Gasteiger partial charge in [0.1, 0.15) is 0 Å². The minimum absolute atomic E-state index is 0.120. The fourth-order valence-electron chi connectivity index (χ4n) is 1.73. The Hall–Kier alpha value is -2.58. The van der Waals surface area contributed by atoms with Crippen LogP contribution < -0.4 is 5.32 Å². The first-order valence-electron chi connectivity index (χ1n) is 5.28. The van der Waals surface area contributed by atoms with Crippen molar-refractivity contribution in [2.45, 2.75) is 6.18 Å². The number of hydrogen-bond acceptors (Lipinski definition) is 3. The molecule has 2 N–H and O–H groups in total. The van der Waals surface area contributed by atoms with Crippen LogP contribution in [0.25, 0.3) is 11.0 Å². The van der Waals surface area contributed by atoms with E-state index in [1.54, 1.807) is 5.32 Å². The van der Waals surface area contributed by atoms with Crippen LogP contribution in [0.2, 0.25) is 0 Å². The summed E-state index contributed by atoms with van der Waals surface area (Å²) in [6, 6.07) is 4.14. The zero-order chi connectivity index (χ0) is 15.1. The largest absolute Gasteiger partial charge is 0.478 e. The maximum Gasteiger partial charge on any atom is 0.471 e. The number of carbonyl (C=O) groups is 2. The molecule has 0 unspecified atom stereocenters. The standard InChI is InChI=1S/C11H8F3N3O3/c1-17-7-5(8(18)19)3-2-4-6(7)15-10(17)16-9(20)11(12,13)14/h2-4H,1H3,(H,18,19)(H,15,16,20). The van der Waals surface area contributed by atoms with E-state index in [2.05, 4.69) is 4.98 Å². The van der Waals surface area contributed by atoms with Gasteiger partial charge in [0.05, 0.1) is 16.6 Å². The van der Waals surface area contributed by atoms with Gasteiger partial charge in [0.15, 0.2) is 0 Å². The molecule has 0 aliphatic carbocycles. The number of aromatic nitrogens is 2. The topological polar surface area (TPSA) is 84.2 Å². The lowest BCUT2D eigenvalue weighted by Crippen LogP contribution is -2.31. The molecule has 0 radical (unpaired) electrons. The molecule has 6 nitrogen and oxygen atoms in total. The van der Waals surface area contributed by atoms with Gasteiger partial charge in [0.25, 0.3) is 0 Å². The maximum atomic E-state index is 12.2. The van der Waals surface area contributed by atoms with Gasteiger partial charge in [-0.05, 0) is 12.1 Å². The molecule has 0 fully saturated rings. The summed E-state index contributed by atoms with van der Waals surface area (Å²) in [5.74, 6) is -3.80. The zero-order valence-electron chi connectivity index (χ0n) is 10.0. The molecule has 0 aliphatic rings. The maximum absolute atomic E-state index is 12.2. The quantitative estimate of drug-likeness (QED) is 0.881. The predicted octanol–water partition coefficient (Wildman–Crippen LogP) is 1.77. The Morgan fingerprint density at radius 1 is 1.35 bits per heavy atom. The second-order valence-corrected chi connectivity index (χ2v) is 3.92. The summed E-state index contributed by atoms with van der Waals surface area (Å²) in [6.07, 6.45) is -5.05. The van der Waals surface area contributed by atoms with Crippen LogP contribution in [0.3, 0.4) is 0 Å². The number of anilines is 1. The SMILES string of the molecule is Cn1c(NC(=O)C(F)(F)F)nc2cccc(C(=O)O)c21. The lowest BCUT2D eigenvalue weighted by molar-refractivity contribution is -0.167. The van der Waals surface area contributed by atoms with E-state index in [-0.39, 0.29) is 22.5 Å². The second-order valence-electron chi connectivity index (χ2n) is 3.92. The molecule has 1 heterocycles. The van der Waals surface area contributed by atoms with Crippen molar-refractivity contribution in [1.29, 1.82) is 0 Å². The summed E-state index contributed by atoms with van der Waals surface area (Å²) >= 11 is 0. The summed E-state index contributed by atoms with van der Waals surface area (Å²) in [5, 5.41) is 10.6. The molecule has 0 saturated carbocycles. The molecule has 0 bridgehead atoms. The Balaban J connectivity index is 2.53. The normalized spacial score (nSPS) is 11.6. The molecule has 1 aromatic carbocycles.